The average Bonchev–Trinajstić information content (AvgIpc) is 2.38. The van der Waals surface area contributed by atoms with Crippen LogP contribution >= 0.6 is 11.6 Å². The van der Waals surface area contributed by atoms with E-state index in [0.29, 0.717) is 10.6 Å². The zero-order valence-electron chi connectivity index (χ0n) is 10.7. The Morgan fingerprint density at radius 1 is 1.50 bits per heavy atom. The van der Waals surface area contributed by atoms with Crippen molar-refractivity contribution < 1.29 is 9.90 Å². The van der Waals surface area contributed by atoms with Crippen LogP contribution in [0.15, 0.2) is 18.5 Å². The van der Waals surface area contributed by atoms with Crippen molar-refractivity contribution in [1.82, 2.24) is 10.3 Å². The second-order valence-electron chi connectivity index (χ2n) is 4.21. The molecule has 4 nitrogen and oxygen atoms in total. The molecule has 2 N–H and O–H groups in total. The first-order chi connectivity index (χ1) is 8.60. The number of hydrogen-bond donors (Lipinski definition) is 2. The van der Waals surface area contributed by atoms with Crippen LogP contribution in [0.2, 0.25) is 5.02 Å². The van der Waals surface area contributed by atoms with Gasteiger partial charge in [0.05, 0.1) is 16.7 Å². The van der Waals surface area contributed by atoms with Crippen LogP contribution in [0.3, 0.4) is 0 Å². The quantitative estimate of drug-likeness (QED) is 0.833. The van der Waals surface area contributed by atoms with Gasteiger partial charge in [0.2, 0.25) is 0 Å². The smallest absolute Gasteiger partial charge is 0.252 e. The molecule has 0 radical (unpaired) electrons. The molecule has 1 amide bonds. The highest BCUT2D eigenvalue weighted by Gasteiger charge is 2.17. The van der Waals surface area contributed by atoms with E-state index in [2.05, 4.69) is 10.3 Å². The summed E-state index contributed by atoms with van der Waals surface area (Å²) in [6, 6.07) is 1.56. The van der Waals surface area contributed by atoms with E-state index in [4.69, 9.17) is 11.6 Å². The summed E-state index contributed by atoms with van der Waals surface area (Å²) in [7, 11) is 0. The maximum absolute atomic E-state index is 11.8. The molecule has 0 aliphatic carbocycles. The lowest BCUT2D eigenvalue weighted by atomic mass is 9.96. The summed E-state index contributed by atoms with van der Waals surface area (Å²) < 4.78 is 0. The van der Waals surface area contributed by atoms with Crippen LogP contribution in [0.4, 0.5) is 0 Å². The van der Waals surface area contributed by atoms with Crippen molar-refractivity contribution in [2.45, 2.75) is 32.8 Å². The minimum Gasteiger partial charge on any atom is -0.391 e. The molecule has 1 aromatic rings. The molecule has 0 aromatic carbocycles. The Balaban J connectivity index is 2.54. The molecule has 1 unspecified atom stereocenters. The van der Waals surface area contributed by atoms with Gasteiger partial charge < -0.3 is 10.4 Å². The highest BCUT2D eigenvalue weighted by atomic mass is 35.5. The van der Waals surface area contributed by atoms with Gasteiger partial charge in [-0.1, -0.05) is 38.3 Å². The summed E-state index contributed by atoms with van der Waals surface area (Å²) in [5.41, 5.74) is 0.378. The van der Waals surface area contributed by atoms with E-state index in [9.17, 15) is 9.90 Å². The normalized spacial score (nSPS) is 12.5. The van der Waals surface area contributed by atoms with Gasteiger partial charge in [0.1, 0.15) is 0 Å². The van der Waals surface area contributed by atoms with Gasteiger partial charge in [-0.25, -0.2) is 0 Å². The fourth-order valence-electron chi connectivity index (χ4n) is 1.85. The Bertz CT molecular complexity index is 394. The molecule has 18 heavy (non-hydrogen) atoms. The number of carbonyl (C=O) groups is 1. The zero-order valence-corrected chi connectivity index (χ0v) is 11.4. The largest absolute Gasteiger partial charge is 0.391 e. The van der Waals surface area contributed by atoms with E-state index >= 15 is 0 Å². The van der Waals surface area contributed by atoms with E-state index < -0.39 is 6.10 Å². The Morgan fingerprint density at radius 3 is 2.72 bits per heavy atom. The maximum Gasteiger partial charge on any atom is 0.252 e. The molecule has 0 aliphatic heterocycles. The van der Waals surface area contributed by atoms with E-state index in [1.54, 1.807) is 6.07 Å². The first-order valence-electron chi connectivity index (χ1n) is 6.15. The van der Waals surface area contributed by atoms with E-state index in [1.807, 2.05) is 13.8 Å². The summed E-state index contributed by atoms with van der Waals surface area (Å²) in [6.45, 7) is 4.29. The minimum atomic E-state index is -0.524. The predicted octanol–water partition coefficient (Wildman–Crippen LogP) is 2.26. The topological polar surface area (TPSA) is 62.2 Å². The third-order valence-corrected chi connectivity index (χ3v) is 3.38. The molecule has 100 valence electrons. The van der Waals surface area contributed by atoms with E-state index in [1.165, 1.54) is 12.4 Å². The van der Waals surface area contributed by atoms with Crippen LogP contribution in [0, 0.1) is 5.92 Å². The Labute approximate surface area is 112 Å². The Hall–Kier alpha value is -1.13. The number of nitrogens with one attached hydrogen (secondary N) is 1. The molecule has 1 aromatic heterocycles. The van der Waals surface area contributed by atoms with Gasteiger partial charge >= 0.3 is 0 Å². The van der Waals surface area contributed by atoms with E-state index in [0.717, 1.165) is 12.8 Å². The van der Waals surface area contributed by atoms with Crippen molar-refractivity contribution in [3.8, 4) is 0 Å². The van der Waals surface area contributed by atoms with Gasteiger partial charge in [0.15, 0.2) is 0 Å². The lowest BCUT2D eigenvalue weighted by Gasteiger charge is -2.20. The lowest BCUT2D eigenvalue weighted by Crippen LogP contribution is -2.36. The monoisotopic (exact) mass is 270 g/mol. The number of halogens is 1. The minimum absolute atomic E-state index is 0.207. The number of nitrogens with zero attached hydrogens (tertiary/aromatic N) is 1. The third-order valence-electron chi connectivity index (χ3n) is 3.08. The van der Waals surface area contributed by atoms with Crippen LogP contribution in [-0.4, -0.2) is 28.6 Å². The summed E-state index contributed by atoms with van der Waals surface area (Å²) in [6.07, 6.45) is 4.20. The van der Waals surface area contributed by atoms with Gasteiger partial charge in [0, 0.05) is 18.9 Å². The average molecular weight is 271 g/mol. The molecular weight excluding hydrogens is 252 g/mol. The van der Waals surface area contributed by atoms with E-state index in [-0.39, 0.29) is 18.4 Å². The van der Waals surface area contributed by atoms with Crippen LogP contribution in [-0.2, 0) is 0 Å². The number of aliphatic hydroxyl groups is 1. The number of amides is 1. The van der Waals surface area contributed by atoms with Gasteiger partial charge in [-0.05, 0) is 12.0 Å². The van der Waals surface area contributed by atoms with Crippen molar-refractivity contribution in [3.05, 3.63) is 29.0 Å². The number of carbonyl (C=O) groups excluding carboxylic acids is 1. The number of aromatic nitrogens is 1. The highest BCUT2D eigenvalue weighted by molar-refractivity contribution is 6.33. The lowest BCUT2D eigenvalue weighted by molar-refractivity contribution is 0.0816. The first-order valence-corrected chi connectivity index (χ1v) is 6.53. The summed E-state index contributed by atoms with van der Waals surface area (Å²) in [5, 5.41) is 12.9. The standard InChI is InChI=1S/C13H19ClN2O2/c1-3-9(4-2)12(17)8-16-13(18)10-5-6-15-7-11(10)14/h5-7,9,12,17H,3-4,8H2,1-2H3,(H,16,18). The molecule has 0 spiro atoms. The molecule has 1 atom stereocenters. The molecule has 1 heterocycles. The second-order valence-corrected chi connectivity index (χ2v) is 4.62. The highest BCUT2D eigenvalue weighted by Crippen LogP contribution is 2.14. The van der Waals surface area contributed by atoms with Gasteiger partial charge in [-0.2, -0.15) is 0 Å². The van der Waals surface area contributed by atoms with Crippen molar-refractivity contribution >= 4 is 17.5 Å². The van der Waals surface area contributed by atoms with Gasteiger partial charge in [-0.15, -0.1) is 0 Å². The number of rotatable bonds is 6. The Morgan fingerprint density at radius 2 is 2.17 bits per heavy atom. The number of pyridine rings is 1. The molecule has 0 saturated carbocycles. The molecular formula is C13H19ClN2O2. The van der Waals surface area contributed by atoms with Crippen molar-refractivity contribution in [2.75, 3.05) is 6.54 Å². The SMILES string of the molecule is CCC(CC)C(O)CNC(=O)c1ccncc1Cl. The van der Waals surface area contributed by atoms with Crippen LogP contribution < -0.4 is 5.32 Å². The number of aliphatic hydroxyl groups excluding tert-OH is 1. The fourth-order valence-corrected chi connectivity index (χ4v) is 2.06. The summed E-state index contributed by atoms with van der Waals surface area (Å²) >= 11 is 5.87. The van der Waals surface area contributed by atoms with Crippen LogP contribution in [0.5, 0.6) is 0 Å². The van der Waals surface area contributed by atoms with Crippen molar-refractivity contribution in [2.24, 2.45) is 5.92 Å². The number of hydrogen-bond acceptors (Lipinski definition) is 3. The zero-order chi connectivity index (χ0) is 13.5. The third kappa shape index (κ3) is 3.96. The molecule has 5 heteroatoms. The van der Waals surface area contributed by atoms with Crippen molar-refractivity contribution in [1.29, 1.82) is 0 Å². The van der Waals surface area contributed by atoms with Crippen molar-refractivity contribution in [3.63, 3.8) is 0 Å². The van der Waals surface area contributed by atoms with Gasteiger partial charge in [-0.3, -0.25) is 9.78 Å². The first kappa shape index (κ1) is 14.9. The molecule has 0 bridgehead atoms. The maximum atomic E-state index is 11.8. The fraction of sp³-hybridized carbons (Fsp3) is 0.538. The summed E-state index contributed by atoms with van der Waals surface area (Å²) in [4.78, 5) is 15.7. The van der Waals surface area contributed by atoms with Crippen LogP contribution in [0.25, 0.3) is 0 Å². The predicted molar refractivity (Wildman–Crippen MR) is 71.7 cm³/mol. The molecule has 0 aliphatic rings. The molecule has 0 fully saturated rings. The van der Waals surface area contributed by atoms with Gasteiger partial charge in [0.25, 0.3) is 5.91 Å². The molecule has 1 rings (SSSR count). The second kappa shape index (κ2) is 7.34. The Kier molecular flexibility index (Phi) is 6.09. The summed E-state index contributed by atoms with van der Waals surface area (Å²) in [5.74, 6) is -0.0781. The van der Waals surface area contributed by atoms with Crippen LogP contribution in [0.1, 0.15) is 37.0 Å². The molecule has 0 saturated heterocycles.